The molecule has 0 fully saturated rings. The Balaban J connectivity index is 1.69. The third kappa shape index (κ3) is 10.00. The van der Waals surface area contributed by atoms with E-state index >= 15 is 0 Å². The highest BCUT2D eigenvalue weighted by molar-refractivity contribution is 5.25. The van der Waals surface area contributed by atoms with E-state index in [0.29, 0.717) is 12.8 Å². The fraction of sp³-hybridized carbons (Fsp3) is 0.636. The molecular formula is C33H52O3. The van der Waals surface area contributed by atoms with Crippen LogP contribution >= 0.6 is 0 Å². The van der Waals surface area contributed by atoms with E-state index in [-0.39, 0.29) is 17.4 Å². The molecule has 3 N–H and O–H groups in total. The van der Waals surface area contributed by atoms with Gasteiger partial charge in [-0.25, -0.2) is 0 Å². The molecule has 0 aliphatic rings. The van der Waals surface area contributed by atoms with Crippen LogP contribution < -0.4 is 0 Å². The number of aliphatic hydroxyl groups is 3. The van der Waals surface area contributed by atoms with Gasteiger partial charge < -0.3 is 15.3 Å². The first kappa shape index (κ1) is 30.5. The van der Waals surface area contributed by atoms with E-state index < -0.39 is 12.2 Å². The summed E-state index contributed by atoms with van der Waals surface area (Å²) in [6.45, 7) is 7.15. The highest BCUT2D eigenvalue weighted by Gasteiger charge is 2.26. The Morgan fingerprint density at radius 3 is 1.47 bits per heavy atom. The molecule has 0 heterocycles. The minimum Gasteiger partial charge on any atom is -0.396 e. The van der Waals surface area contributed by atoms with Gasteiger partial charge in [0.1, 0.15) is 0 Å². The van der Waals surface area contributed by atoms with Crippen LogP contribution in [0.15, 0.2) is 60.7 Å². The van der Waals surface area contributed by atoms with E-state index in [1.165, 1.54) is 30.4 Å². The Bertz CT molecular complexity index is 808. The van der Waals surface area contributed by atoms with Crippen LogP contribution in [0.5, 0.6) is 0 Å². The Kier molecular flexibility index (Phi) is 13.8. The molecule has 2 aromatic rings. The number of hydrogen-bond acceptors (Lipinski definition) is 3. The number of aliphatic hydroxyl groups excluding tert-OH is 3. The van der Waals surface area contributed by atoms with E-state index in [0.717, 1.165) is 51.4 Å². The monoisotopic (exact) mass is 496 g/mol. The second kappa shape index (κ2) is 16.2. The zero-order valence-corrected chi connectivity index (χ0v) is 23.2. The average Bonchev–Trinajstić information content (AvgIpc) is 2.90. The molecule has 0 amide bonds. The fourth-order valence-corrected chi connectivity index (χ4v) is 5.83. The van der Waals surface area contributed by atoms with Crippen LogP contribution in [0.2, 0.25) is 0 Å². The third-order valence-electron chi connectivity index (χ3n) is 8.28. The maximum atomic E-state index is 10.5. The molecule has 0 saturated heterocycles. The van der Waals surface area contributed by atoms with Crippen molar-refractivity contribution in [2.45, 2.75) is 127 Å². The Morgan fingerprint density at radius 2 is 1.00 bits per heavy atom. The molecule has 0 radical (unpaired) electrons. The van der Waals surface area contributed by atoms with Crippen molar-refractivity contribution in [1.82, 2.24) is 0 Å². The van der Waals surface area contributed by atoms with Crippen molar-refractivity contribution in [3.05, 3.63) is 71.8 Å². The molecule has 4 unspecified atom stereocenters. The number of hydrogen-bond donors (Lipinski definition) is 3. The highest BCUT2D eigenvalue weighted by Crippen LogP contribution is 2.35. The minimum atomic E-state index is -0.639. The fourth-order valence-electron chi connectivity index (χ4n) is 5.83. The summed E-state index contributed by atoms with van der Waals surface area (Å²) in [4.78, 5) is 0. The van der Waals surface area contributed by atoms with Crippen molar-refractivity contribution in [1.29, 1.82) is 0 Å². The van der Waals surface area contributed by atoms with Crippen molar-refractivity contribution >= 4 is 0 Å². The maximum Gasteiger partial charge on any atom is 0.0799 e. The molecule has 0 bridgehead atoms. The topological polar surface area (TPSA) is 60.7 Å². The second-order valence-corrected chi connectivity index (χ2v) is 11.4. The second-order valence-electron chi connectivity index (χ2n) is 11.4. The van der Waals surface area contributed by atoms with Gasteiger partial charge in [-0.3, -0.25) is 0 Å². The quantitative estimate of drug-likeness (QED) is 0.175. The maximum absolute atomic E-state index is 10.5. The Labute approximate surface area is 221 Å². The lowest BCUT2D eigenvalue weighted by molar-refractivity contribution is 0.00686. The lowest BCUT2D eigenvalue weighted by atomic mass is 9.74. The molecule has 3 heteroatoms. The standard InChI is InChI=1S/C33H52O3/c1-4-23-32(2,28-17-8-5-9-18-28)24-14-7-12-21-30(35)31(36)22-13-15-25-33(3,26-16-27-34)29-19-10-6-11-20-29/h5-6,8-11,17-20,30-31,34-36H,4,7,12-16,21-27H2,1-3H3. The zero-order valence-electron chi connectivity index (χ0n) is 23.2. The van der Waals surface area contributed by atoms with Crippen molar-refractivity contribution in [3.8, 4) is 0 Å². The molecule has 3 nitrogen and oxygen atoms in total. The summed E-state index contributed by atoms with van der Waals surface area (Å²) in [5.74, 6) is 0. The van der Waals surface area contributed by atoms with Crippen LogP contribution in [0.3, 0.4) is 0 Å². The molecule has 0 aromatic heterocycles. The smallest absolute Gasteiger partial charge is 0.0799 e. The van der Waals surface area contributed by atoms with E-state index in [1.54, 1.807) is 0 Å². The minimum absolute atomic E-state index is 0.0413. The van der Waals surface area contributed by atoms with Gasteiger partial charge in [0.25, 0.3) is 0 Å². The lowest BCUT2D eigenvalue weighted by Gasteiger charge is -2.31. The molecule has 202 valence electrons. The van der Waals surface area contributed by atoms with Gasteiger partial charge in [-0.05, 0) is 66.9 Å². The summed E-state index contributed by atoms with van der Waals surface area (Å²) in [5, 5.41) is 30.4. The molecule has 0 saturated carbocycles. The van der Waals surface area contributed by atoms with Crippen LogP contribution in [0.4, 0.5) is 0 Å². The molecule has 2 rings (SSSR count). The number of benzene rings is 2. The van der Waals surface area contributed by atoms with Crippen molar-refractivity contribution in [2.75, 3.05) is 6.61 Å². The predicted molar refractivity (Wildman–Crippen MR) is 152 cm³/mol. The van der Waals surface area contributed by atoms with Crippen LogP contribution in [0.25, 0.3) is 0 Å². The van der Waals surface area contributed by atoms with Crippen LogP contribution in [0.1, 0.15) is 115 Å². The van der Waals surface area contributed by atoms with Crippen LogP contribution in [0, 0.1) is 0 Å². The van der Waals surface area contributed by atoms with Crippen molar-refractivity contribution in [2.24, 2.45) is 0 Å². The SMILES string of the molecule is CCCC(C)(CCCCCC(O)C(O)CCCCC(C)(CCCO)c1ccccc1)c1ccccc1. The van der Waals surface area contributed by atoms with Gasteiger partial charge >= 0.3 is 0 Å². The predicted octanol–water partition coefficient (Wildman–Crippen LogP) is 7.71. The van der Waals surface area contributed by atoms with E-state index in [1.807, 2.05) is 6.07 Å². The van der Waals surface area contributed by atoms with Crippen molar-refractivity contribution in [3.63, 3.8) is 0 Å². The third-order valence-corrected chi connectivity index (χ3v) is 8.28. The summed E-state index contributed by atoms with van der Waals surface area (Å²) < 4.78 is 0. The first-order valence-electron chi connectivity index (χ1n) is 14.4. The van der Waals surface area contributed by atoms with Gasteiger partial charge in [-0.2, -0.15) is 0 Å². The average molecular weight is 497 g/mol. The normalized spacial score (nSPS) is 16.7. The van der Waals surface area contributed by atoms with E-state index in [9.17, 15) is 15.3 Å². The molecule has 36 heavy (non-hydrogen) atoms. The molecular weight excluding hydrogens is 444 g/mol. The lowest BCUT2D eigenvalue weighted by Crippen LogP contribution is -2.26. The van der Waals surface area contributed by atoms with Crippen LogP contribution in [-0.2, 0) is 10.8 Å². The zero-order chi connectivity index (χ0) is 26.3. The Hall–Kier alpha value is -1.68. The number of unbranched alkanes of at least 4 members (excludes halogenated alkanes) is 3. The number of rotatable bonds is 19. The summed E-state index contributed by atoms with van der Waals surface area (Å²) >= 11 is 0. The van der Waals surface area contributed by atoms with Gasteiger partial charge in [0, 0.05) is 6.61 Å². The van der Waals surface area contributed by atoms with E-state index in [2.05, 4.69) is 75.4 Å². The largest absolute Gasteiger partial charge is 0.396 e. The summed E-state index contributed by atoms with van der Waals surface area (Å²) in [7, 11) is 0. The van der Waals surface area contributed by atoms with Gasteiger partial charge in [0.15, 0.2) is 0 Å². The van der Waals surface area contributed by atoms with Gasteiger partial charge in [0.2, 0.25) is 0 Å². The summed E-state index contributed by atoms with van der Waals surface area (Å²) in [6, 6.07) is 21.4. The molecule has 2 aromatic carbocycles. The van der Waals surface area contributed by atoms with Gasteiger partial charge in [0.05, 0.1) is 12.2 Å². The van der Waals surface area contributed by atoms with Crippen molar-refractivity contribution < 1.29 is 15.3 Å². The summed E-state index contributed by atoms with van der Waals surface area (Å²) in [5.41, 5.74) is 3.02. The highest BCUT2D eigenvalue weighted by atomic mass is 16.3. The summed E-state index contributed by atoms with van der Waals surface area (Å²) in [6.07, 6.45) is 11.5. The molecule has 0 spiro atoms. The van der Waals surface area contributed by atoms with Gasteiger partial charge in [-0.1, -0.05) is 120 Å². The first-order chi connectivity index (χ1) is 17.3. The Morgan fingerprint density at radius 1 is 0.583 bits per heavy atom. The molecule has 0 aliphatic carbocycles. The van der Waals surface area contributed by atoms with Crippen LogP contribution in [-0.4, -0.2) is 34.1 Å². The van der Waals surface area contributed by atoms with Gasteiger partial charge in [-0.15, -0.1) is 0 Å². The molecule has 0 aliphatic heterocycles. The first-order valence-corrected chi connectivity index (χ1v) is 14.4. The van der Waals surface area contributed by atoms with E-state index in [4.69, 9.17) is 0 Å². The molecule has 4 atom stereocenters.